The van der Waals surface area contributed by atoms with Gasteiger partial charge in [0.05, 0.1) is 6.61 Å². The highest BCUT2D eigenvalue weighted by atomic mass is 16.5. The van der Waals surface area contributed by atoms with Gasteiger partial charge in [0.1, 0.15) is 11.9 Å². The molecule has 1 aromatic carbocycles. The lowest BCUT2D eigenvalue weighted by Gasteiger charge is -2.34. The lowest BCUT2D eigenvalue weighted by molar-refractivity contribution is 0.101. The molecule has 0 heterocycles. The molecule has 2 rings (SSSR count). The lowest BCUT2D eigenvalue weighted by Crippen LogP contribution is -2.43. The summed E-state index contributed by atoms with van der Waals surface area (Å²) in [5.41, 5.74) is 7.33. The molecule has 0 aromatic heterocycles. The van der Waals surface area contributed by atoms with Crippen LogP contribution >= 0.6 is 0 Å². The average Bonchev–Trinajstić information content (AvgIpc) is 2.42. The molecule has 1 aliphatic rings. The monoisotopic (exact) mass is 263 g/mol. The minimum atomic E-state index is 0.150. The lowest BCUT2D eigenvalue weighted by atomic mass is 9.83. The second-order valence-corrected chi connectivity index (χ2v) is 5.49. The van der Waals surface area contributed by atoms with Gasteiger partial charge in [0.15, 0.2) is 0 Å². The summed E-state index contributed by atoms with van der Waals surface area (Å²) in [6.07, 6.45) is 4.75. The van der Waals surface area contributed by atoms with Crippen LogP contribution in [0.4, 0.5) is 0 Å². The number of benzene rings is 1. The first-order valence-electron chi connectivity index (χ1n) is 7.23. The van der Waals surface area contributed by atoms with Crippen molar-refractivity contribution in [3.8, 4) is 5.75 Å². The van der Waals surface area contributed by atoms with Crippen LogP contribution in [0.2, 0.25) is 0 Å². The summed E-state index contributed by atoms with van der Waals surface area (Å²) in [5, 5.41) is 0. The van der Waals surface area contributed by atoms with E-state index in [9.17, 15) is 0 Å². The third kappa shape index (κ3) is 3.95. The number of nitrogens with two attached hydrogens (primary N) is 1. The van der Waals surface area contributed by atoms with Crippen LogP contribution in [-0.2, 0) is 11.3 Å². The van der Waals surface area contributed by atoms with E-state index in [1.54, 1.807) is 7.11 Å². The highest BCUT2D eigenvalue weighted by Gasteiger charge is 2.28. The molecule has 3 nitrogen and oxygen atoms in total. The van der Waals surface area contributed by atoms with E-state index in [1.807, 2.05) is 24.3 Å². The Balaban J connectivity index is 2.00. The molecule has 1 aromatic rings. The fourth-order valence-corrected chi connectivity index (χ4v) is 2.79. The smallest absolute Gasteiger partial charge is 0.120 e. The zero-order chi connectivity index (χ0) is 13.7. The normalized spacial score (nSPS) is 27.2. The van der Waals surface area contributed by atoms with Crippen LogP contribution in [0.15, 0.2) is 24.3 Å². The topological polar surface area (TPSA) is 44.5 Å². The Morgan fingerprint density at radius 2 is 2.16 bits per heavy atom. The van der Waals surface area contributed by atoms with Gasteiger partial charge in [-0.2, -0.15) is 0 Å². The highest BCUT2D eigenvalue weighted by Crippen LogP contribution is 2.29. The van der Waals surface area contributed by atoms with Crippen molar-refractivity contribution in [2.75, 3.05) is 7.11 Å². The Morgan fingerprint density at radius 1 is 1.32 bits per heavy atom. The van der Waals surface area contributed by atoms with Gasteiger partial charge in [-0.25, -0.2) is 0 Å². The molecule has 1 saturated carbocycles. The first-order chi connectivity index (χ1) is 9.22. The zero-order valence-corrected chi connectivity index (χ0v) is 12.0. The summed E-state index contributed by atoms with van der Waals surface area (Å²) in [7, 11) is 1.70. The summed E-state index contributed by atoms with van der Waals surface area (Å²) in [5.74, 6) is 1.67. The van der Waals surface area contributed by atoms with Crippen molar-refractivity contribution in [1.82, 2.24) is 0 Å². The van der Waals surface area contributed by atoms with Crippen LogP contribution in [-0.4, -0.2) is 19.3 Å². The van der Waals surface area contributed by atoms with Crippen LogP contribution in [0.5, 0.6) is 5.75 Å². The molecule has 0 bridgehead atoms. The van der Waals surface area contributed by atoms with E-state index >= 15 is 0 Å². The Hall–Kier alpha value is -1.06. The number of hydrogen-bond donors (Lipinski definition) is 1. The Kier molecular flexibility index (Phi) is 5.23. The summed E-state index contributed by atoms with van der Waals surface area (Å²) in [6, 6.07) is 8.27. The summed E-state index contributed by atoms with van der Waals surface area (Å²) in [6.45, 7) is 2.86. The molecular weight excluding hydrogens is 238 g/mol. The Bertz CT molecular complexity index is 394. The van der Waals surface area contributed by atoms with Crippen LogP contribution < -0.4 is 10.5 Å². The van der Waals surface area contributed by atoms with Gasteiger partial charge in [0.2, 0.25) is 0 Å². The fourth-order valence-electron chi connectivity index (χ4n) is 2.79. The number of ether oxygens (including phenoxy) is 2. The van der Waals surface area contributed by atoms with Crippen molar-refractivity contribution in [2.45, 2.75) is 51.4 Å². The second-order valence-electron chi connectivity index (χ2n) is 5.49. The Morgan fingerprint density at radius 3 is 2.89 bits per heavy atom. The molecule has 1 aliphatic carbocycles. The number of methoxy groups -OCH3 is 1. The molecule has 3 unspecified atom stereocenters. The van der Waals surface area contributed by atoms with Crippen molar-refractivity contribution in [3.05, 3.63) is 29.8 Å². The minimum absolute atomic E-state index is 0.150. The minimum Gasteiger partial charge on any atom is -0.489 e. The van der Waals surface area contributed by atoms with E-state index in [1.165, 1.54) is 12.8 Å². The molecule has 0 spiro atoms. The van der Waals surface area contributed by atoms with Crippen molar-refractivity contribution < 1.29 is 9.47 Å². The maximum absolute atomic E-state index is 6.19. The van der Waals surface area contributed by atoms with E-state index in [0.717, 1.165) is 30.1 Å². The van der Waals surface area contributed by atoms with Gasteiger partial charge in [-0.1, -0.05) is 25.5 Å². The SMILES string of the molecule is CCC1CCC(N)C(Oc2cccc(COC)c2)C1. The van der Waals surface area contributed by atoms with Gasteiger partial charge in [-0.3, -0.25) is 0 Å². The standard InChI is InChI=1S/C16H25NO2/c1-3-12-7-8-15(17)16(10-12)19-14-6-4-5-13(9-14)11-18-2/h4-6,9,12,15-16H,3,7-8,10-11,17H2,1-2H3. The maximum Gasteiger partial charge on any atom is 0.120 e. The third-order valence-electron chi connectivity index (χ3n) is 4.03. The van der Waals surface area contributed by atoms with E-state index in [4.69, 9.17) is 15.2 Å². The third-order valence-corrected chi connectivity index (χ3v) is 4.03. The molecule has 1 fully saturated rings. The molecule has 0 saturated heterocycles. The van der Waals surface area contributed by atoms with E-state index < -0.39 is 0 Å². The highest BCUT2D eigenvalue weighted by molar-refractivity contribution is 5.28. The molecule has 3 atom stereocenters. The van der Waals surface area contributed by atoms with Gasteiger partial charge in [0, 0.05) is 13.2 Å². The van der Waals surface area contributed by atoms with Gasteiger partial charge in [-0.05, 0) is 42.9 Å². The van der Waals surface area contributed by atoms with Crippen LogP contribution in [0.3, 0.4) is 0 Å². The van der Waals surface area contributed by atoms with Crippen molar-refractivity contribution >= 4 is 0 Å². The van der Waals surface area contributed by atoms with Crippen LogP contribution in [0, 0.1) is 5.92 Å². The summed E-state index contributed by atoms with van der Waals surface area (Å²) >= 11 is 0. The molecular formula is C16H25NO2. The maximum atomic E-state index is 6.19. The second kappa shape index (κ2) is 6.92. The predicted molar refractivity (Wildman–Crippen MR) is 77.2 cm³/mol. The molecule has 2 N–H and O–H groups in total. The molecule has 19 heavy (non-hydrogen) atoms. The van der Waals surface area contributed by atoms with Gasteiger partial charge in [0.25, 0.3) is 0 Å². The van der Waals surface area contributed by atoms with Crippen molar-refractivity contribution in [1.29, 1.82) is 0 Å². The average molecular weight is 263 g/mol. The summed E-state index contributed by atoms with van der Waals surface area (Å²) in [4.78, 5) is 0. The van der Waals surface area contributed by atoms with Gasteiger partial charge >= 0.3 is 0 Å². The molecule has 0 amide bonds. The molecule has 3 heteroatoms. The molecule has 0 aliphatic heterocycles. The van der Waals surface area contributed by atoms with Crippen molar-refractivity contribution in [2.24, 2.45) is 11.7 Å². The first-order valence-corrected chi connectivity index (χ1v) is 7.23. The van der Waals surface area contributed by atoms with Gasteiger partial charge < -0.3 is 15.2 Å². The van der Waals surface area contributed by atoms with E-state index in [0.29, 0.717) is 6.61 Å². The van der Waals surface area contributed by atoms with Crippen LogP contribution in [0.1, 0.15) is 38.2 Å². The molecule has 0 radical (unpaired) electrons. The van der Waals surface area contributed by atoms with Crippen LogP contribution in [0.25, 0.3) is 0 Å². The largest absolute Gasteiger partial charge is 0.489 e. The van der Waals surface area contributed by atoms with Gasteiger partial charge in [-0.15, -0.1) is 0 Å². The van der Waals surface area contributed by atoms with Crippen molar-refractivity contribution in [3.63, 3.8) is 0 Å². The number of rotatable bonds is 5. The van der Waals surface area contributed by atoms with E-state index in [2.05, 4.69) is 6.92 Å². The first kappa shape index (κ1) is 14.4. The fraction of sp³-hybridized carbons (Fsp3) is 0.625. The molecule has 106 valence electrons. The Labute approximate surface area is 116 Å². The zero-order valence-electron chi connectivity index (χ0n) is 12.0. The quantitative estimate of drug-likeness (QED) is 0.887. The predicted octanol–water partition coefficient (Wildman–Crippen LogP) is 3.12. The number of hydrogen-bond acceptors (Lipinski definition) is 3. The summed E-state index contributed by atoms with van der Waals surface area (Å²) < 4.78 is 11.3. The van der Waals surface area contributed by atoms with E-state index in [-0.39, 0.29) is 12.1 Å².